The molecule has 0 spiro atoms. The Hall–Kier alpha value is -2.96. The van der Waals surface area contributed by atoms with Gasteiger partial charge in [-0.15, -0.1) is 0 Å². The van der Waals surface area contributed by atoms with Gasteiger partial charge in [-0.1, -0.05) is 55.1 Å². The summed E-state index contributed by atoms with van der Waals surface area (Å²) < 4.78 is 0. The van der Waals surface area contributed by atoms with Crippen molar-refractivity contribution in [1.29, 1.82) is 0 Å². The van der Waals surface area contributed by atoms with Crippen molar-refractivity contribution >= 4 is 23.5 Å². The highest BCUT2D eigenvalue weighted by Crippen LogP contribution is 2.34. The highest BCUT2D eigenvalue weighted by molar-refractivity contribution is 6.30. The number of aliphatic hydroxyl groups is 1. The van der Waals surface area contributed by atoms with Gasteiger partial charge in [0.1, 0.15) is 0 Å². The summed E-state index contributed by atoms with van der Waals surface area (Å²) in [5.41, 5.74) is 4.07. The normalized spacial score (nSPS) is 17.2. The third-order valence-corrected chi connectivity index (χ3v) is 6.85. The summed E-state index contributed by atoms with van der Waals surface area (Å²) in [6.07, 6.45) is 7.84. The fraction of sp³-hybridized carbons (Fsp3) is 0.346. The van der Waals surface area contributed by atoms with E-state index in [4.69, 9.17) is 16.6 Å². The lowest BCUT2D eigenvalue weighted by molar-refractivity contribution is 0.0615. The maximum atomic E-state index is 13.3. The summed E-state index contributed by atoms with van der Waals surface area (Å²) in [6, 6.07) is 15.0. The smallest absolute Gasteiger partial charge is 0.255 e. The van der Waals surface area contributed by atoms with Crippen LogP contribution in [0.3, 0.4) is 0 Å². The van der Waals surface area contributed by atoms with Crippen LogP contribution in [0.5, 0.6) is 0 Å². The van der Waals surface area contributed by atoms with Crippen LogP contribution in [-0.2, 0) is 6.54 Å². The third-order valence-electron chi connectivity index (χ3n) is 6.61. The standard InChI is InChI=1S/C26H27ClN4O2/c27-20-6-4-5-18(13-20)24(16-32)31-15-19-10-9-17(14-22(19)25(31)33)23-11-12-28-26(30-23)29-21-7-2-1-3-8-21/h4-6,9-14,21,24,32H,1-3,7-8,15-16H2,(H,28,29,30). The van der Waals surface area contributed by atoms with E-state index in [1.807, 2.05) is 36.4 Å². The van der Waals surface area contributed by atoms with Gasteiger partial charge in [0.25, 0.3) is 5.91 Å². The summed E-state index contributed by atoms with van der Waals surface area (Å²) in [5.74, 6) is 0.537. The van der Waals surface area contributed by atoms with E-state index >= 15 is 0 Å². The summed E-state index contributed by atoms with van der Waals surface area (Å²) in [6.45, 7) is 0.277. The SMILES string of the molecule is O=C1c2cc(-c3ccnc(NC4CCCCC4)n3)ccc2CN1C(CO)c1cccc(Cl)c1. The first kappa shape index (κ1) is 21.9. The molecule has 1 fully saturated rings. The monoisotopic (exact) mass is 462 g/mol. The lowest BCUT2D eigenvalue weighted by atomic mass is 9.96. The van der Waals surface area contributed by atoms with Crippen LogP contribution < -0.4 is 5.32 Å². The number of benzene rings is 2. The molecule has 2 aromatic carbocycles. The Labute approximate surface area is 198 Å². The zero-order valence-electron chi connectivity index (χ0n) is 18.4. The van der Waals surface area contributed by atoms with Crippen LogP contribution in [0.15, 0.2) is 54.7 Å². The second-order valence-corrected chi connectivity index (χ2v) is 9.24. The molecule has 2 heterocycles. The molecule has 2 N–H and O–H groups in total. The molecule has 1 aliphatic carbocycles. The van der Waals surface area contributed by atoms with E-state index in [1.54, 1.807) is 23.2 Å². The van der Waals surface area contributed by atoms with Crippen molar-refractivity contribution in [3.63, 3.8) is 0 Å². The fourth-order valence-corrected chi connectivity index (χ4v) is 5.05. The minimum absolute atomic E-state index is 0.0968. The van der Waals surface area contributed by atoms with Gasteiger partial charge in [-0.05, 0) is 48.2 Å². The molecule has 3 aromatic rings. The number of aliphatic hydroxyl groups excluding tert-OH is 1. The second kappa shape index (κ2) is 9.49. The average molecular weight is 463 g/mol. The molecule has 1 aromatic heterocycles. The number of nitrogens with one attached hydrogen (secondary N) is 1. The summed E-state index contributed by atoms with van der Waals surface area (Å²) in [4.78, 5) is 24.1. The van der Waals surface area contributed by atoms with E-state index in [-0.39, 0.29) is 12.5 Å². The maximum absolute atomic E-state index is 13.3. The Morgan fingerprint density at radius 3 is 2.76 bits per heavy atom. The molecule has 7 heteroatoms. The number of nitrogens with zero attached hydrogens (tertiary/aromatic N) is 3. The van der Waals surface area contributed by atoms with Crippen molar-refractivity contribution < 1.29 is 9.90 Å². The Balaban J connectivity index is 1.38. The molecular formula is C26H27ClN4O2. The predicted octanol–water partition coefficient (Wildman–Crippen LogP) is 5.23. The molecule has 5 rings (SSSR count). The Bertz CT molecular complexity index is 1160. The third kappa shape index (κ3) is 4.59. The van der Waals surface area contributed by atoms with E-state index in [1.165, 1.54) is 19.3 Å². The topological polar surface area (TPSA) is 78.4 Å². The molecule has 1 saturated carbocycles. The van der Waals surface area contributed by atoms with E-state index in [9.17, 15) is 9.90 Å². The lowest BCUT2D eigenvalue weighted by Gasteiger charge is -2.26. The van der Waals surface area contributed by atoms with E-state index in [2.05, 4.69) is 10.3 Å². The number of rotatable bonds is 6. The van der Waals surface area contributed by atoms with Gasteiger partial charge in [0.2, 0.25) is 5.95 Å². The maximum Gasteiger partial charge on any atom is 0.255 e. The molecule has 0 radical (unpaired) electrons. The van der Waals surface area contributed by atoms with Crippen LogP contribution in [0.2, 0.25) is 5.02 Å². The highest BCUT2D eigenvalue weighted by Gasteiger charge is 2.33. The van der Waals surface area contributed by atoms with Gasteiger partial charge in [-0.3, -0.25) is 4.79 Å². The number of aromatic nitrogens is 2. The van der Waals surface area contributed by atoms with Gasteiger partial charge < -0.3 is 15.3 Å². The molecule has 2 aliphatic rings. The van der Waals surface area contributed by atoms with Crippen molar-refractivity contribution in [2.75, 3.05) is 11.9 Å². The zero-order chi connectivity index (χ0) is 22.8. The number of hydrogen-bond donors (Lipinski definition) is 2. The van der Waals surface area contributed by atoms with Gasteiger partial charge in [-0.2, -0.15) is 0 Å². The van der Waals surface area contributed by atoms with Crippen molar-refractivity contribution in [3.8, 4) is 11.3 Å². The number of carbonyl (C=O) groups excluding carboxylic acids is 1. The lowest BCUT2D eigenvalue weighted by Crippen LogP contribution is -2.31. The highest BCUT2D eigenvalue weighted by atomic mass is 35.5. The van der Waals surface area contributed by atoms with Crippen LogP contribution in [0.1, 0.15) is 59.6 Å². The first-order valence-electron chi connectivity index (χ1n) is 11.5. The van der Waals surface area contributed by atoms with Gasteiger partial charge in [-0.25, -0.2) is 9.97 Å². The largest absolute Gasteiger partial charge is 0.394 e. The first-order chi connectivity index (χ1) is 16.1. The molecule has 1 amide bonds. The number of anilines is 1. The number of amides is 1. The molecule has 1 aliphatic heterocycles. The number of hydrogen-bond acceptors (Lipinski definition) is 5. The Kier molecular flexibility index (Phi) is 6.29. The zero-order valence-corrected chi connectivity index (χ0v) is 19.1. The molecule has 170 valence electrons. The molecule has 0 bridgehead atoms. The van der Waals surface area contributed by atoms with Gasteiger partial charge >= 0.3 is 0 Å². The van der Waals surface area contributed by atoms with E-state index in [0.29, 0.717) is 29.1 Å². The van der Waals surface area contributed by atoms with Crippen molar-refractivity contribution in [2.24, 2.45) is 0 Å². The average Bonchev–Trinajstić information content (AvgIpc) is 3.16. The molecular weight excluding hydrogens is 436 g/mol. The molecule has 1 unspecified atom stereocenters. The number of carbonyl (C=O) groups is 1. The second-order valence-electron chi connectivity index (χ2n) is 8.80. The van der Waals surface area contributed by atoms with Crippen LogP contribution in [-0.4, -0.2) is 38.5 Å². The quantitative estimate of drug-likeness (QED) is 0.524. The Morgan fingerprint density at radius 2 is 1.97 bits per heavy atom. The van der Waals surface area contributed by atoms with Crippen LogP contribution in [0.25, 0.3) is 11.3 Å². The van der Waals surface area contributed by atoms with Crippen LogP contribution in [0.4, 0.5) is 5.95 Å². The first-order valence-corrected chi connectivity index (χ1v) is 11.9. The Morgan fingerprint density at radius 1 is 1.12 bits per heavy atom. The molecule has 0 saturated heterocycles. The molecule has 1 atom stereocenters. The van der Waals surface area contributed by atoms with Crippen LogP contribution >= 0.6 is 11.6 Å². The number of fused-ring (bicyclic) bond motifs is 1. The molecule has 33 heavy (non-hydrogen) atoms. The molecule has 6 nitrogen and oxygen atoms in total. The van der Waals surface area contributed by atoms with Crippen molar-refractivity contribution in [3.05, 3.63) is 76.4 Å². The summed E-state index contributed by atoms with van der Waals surface area (Å²) >= 11 is 6.14. The van der Waals surface area contributed by atoms with E-state index in [0.717, 1.165) is 35.2 Å². The minimum atomic E-state index is -0.447. The van der Waals surface area contributed by atoms with Gasteiger partial charge in [0.05, 0.1) is 18.3 Å². The fourth-order valence-electron chi connectivity index (χ4n) is 4.85. The summed E-state index contributed by atoms with van der Waals surface area (Å²) in [5, 5.41) is 14.1. The minimum Gasteiger partial charge on any atom is -0.394 e. The van der Waals surface area contributed by atoms with Gasteiger partial charge in [0.15, 0.2) is 0 Å². The van der Waals surface area contributed by atoms with Crippen molar-refractivity contribution in [1.82, 2.24) is 14.9 Å². The van der Waals surface area contributed by atoms with Gasteiger partial charge in [0, 0.05) is 34.9 Å². The predicted molar refractivity (Wildman–Crippen MR) is 129 cm³/mol. The van der Waals surface area contributed by atoms with E-state index < -0.39 is 6.04 Å². The number of halogens is 1. The van der Waals surface area contributed by atoms with Crippen molar-refractivity contribution in [2.45, 2.75) is 50.7 Å². The van der Waals surface area contributed by atoms with Crippen LogP contribution in [0, 0.1) is 0 Å². The summed E-state index contributed by atoms with van der Waals surface area (Å²) in [7, 11) is 0.